The van der Waals surface area contributed by atoms with E-state index >= 15 is 0 Å². The topological polar surface area (TPSA) is 7.94 Å². The first kappa shape index (κ1) is 31.1. The van der Waals surface area contributed by atoms with Crippen molar-refractivity contribution in [2.75, 3.05) is 6.54 Å². The Bertz CT molecular complexity index is 2340. The molecular formula is C47H45N2+. The monoisotopic (exact) mass is 637 g/mol. The van der Waals surface area contributed by atoms with Gasteiger partial charge in [-0.25, -0.2) is 0 Å². The van der Waals surface area contributed by atoms with E-state index in [0.29, 0.717) is 5.92 Å². The number of nitrogens with zero attached hydrogens (tertiary/aromatic N) is 2. The van der Waals surface area contributed by atoms with Crippen LogP contribution in [0.1, 0.15) is 43.9 Å². The summed E-state index contributed by atoms with van der Waals surface area (Å²) in [5.74, 6) is 0.602. The van der Waals surface area contributed by atoms with Gasteiger partial charge in [0.1, 0.15) is 6.54 Å². The van der Waals surface area contributed by atoms with E-state index in [-0.39, 0.29) is 5.41 Å². The molecule has 0 fully saturated rings. The molecule has 1 aliphatic heterocycles. The third kappa shape index (κ3) is 5.50. The number of aryl methyl sites for hydroxylation is 1. The van der Waals surface area contributed by atoms with Crippen LogP contribution < -0.4 is 5.35 Å². The second kappa shape index (κ2) is 13.0. The fraction of sp³-hybridized carbons (Fsp3) is 0.213. The van der Waals surface area contributed by atoms with E-state index < -0.39 is 0 Å². The van der Waals surface area contributed by atoms with E-state index in [0.717, 1.165) is 32.4 Å². The van der Waals surface area contributed by atoms with Gasteiger partial charge in [0.15, 0.2) is 5.71 Å². The molecular weight excluding hydrogens is 593 g/mol. The summed E-state index contributed by atoms with van der Waals surface area (Å²) < 4.78 is 5.14. The maximum atomic E-state index is 2.67. The largest absolute Gasteiger partial charge is 0.341 e. The predicted molar refractivity (Wildman–Crippen MR) is 209 cm³/mol. The van der Waals surface area contributed by atoms with Crippen LogP contribution in [0, 0.1) is 5.92 Å². The van der Waals surface area contributed by atoms with Crippen molar-refractivity contribution in [3.8, 4) is 0 Å². The Labute approximate surface area is 290 Å². The zero-order chi connectivity index (χ0) is 33.4. The zero-order valence-corrected chi connectivity index (χ0v) is 28.9. The van der Waals surface area contributed by atoms with Crippen molar-refractivity contribution >= 4 is 49.9 Å². The Hall–Kier alpha value is -5.21. The van der Waals surface area contributed by atoms with Gasteiger partial charge < -0.3 is 4.57 Å². The number of rotatable bonds is 10. The summed E-state index contributed by atoms with van der Waals surface area (Å²) in [5, 5.41) is 7.92. The molecule has 0 unspecified atom stereocenters. The molecule has 49 heavy (non-hydrogen) atoms. The van der Waals surface area contributed by atoms with E-state index in [1.165, 1.54) is 65.9 Å². The minimum Gasteiger partial charge on any atom is -0.341 e. The third-order valence-electron chi connectivity index (χ3n) is 10.6. The normalized spacial score (nSPS) is 14.7. The average Bonchev–Trinajstić information content (AvgIpc) is 3.58. The highest BCUT2D eigenvalue weighted by molar-refractivity contribution is 6.11. The molecule has 0 N–H and O–H groups in total. The molecule has 0 amide bonds. The van der Waals surface area contributed by atoms with Gasteiger partial charge in [0.2, 0.25) is 5.69 Å². The van der Waals surface area contributed by atoms with E-state index in [9.17, 15) is 0 Å². The molecule has 0 radical (unpaired) electrons. The molecule has 2 heteroatoms. The van der Waals surface area contributed by atoms with Crippen molar-refractivity contribution in [1.82, 2.24) is 4.57 Å². The molecule has 8 rings (SSSR count). The SMILES string of the molecule is CCn1c(=CC=CC2=[N+](CCC(C)C)c3ccc4ccccc4c3C2(Cc2ccccc2)Cc2ccccc2)c2cccc3cccc1c32. The standard InChI is InChI=1S/C47H45N2/c1-4-48-41(40-24-13-21-38-22-14-26-42(48)45(38)40)25-15-27-44-47(32-35-16-7-5-8-17-35,33-36-18-9-6-10-19-36)46-39-23-12-11-20-37(39)28-29-43(46)49(44)31-30-34(2)3/h5-29,34H,4,30-33H2,1-3H3/q+1. The summed E-state index contributed by atoms with van der Waals surface area (Å²) in [6.07, 6.45) is 10.1. The van der Waals surface area contributed by atoms with E-state index in [2.05, 4.69) is 182 Å². The molecule has 242 valence electrons. The van der Waals surface area contributed by atoms with Crippen molar-refractivity contribution in [3.05, 3.63) is 168 Å². The van der Waals surface area contributed by atoms with Crippen molar-refractivity contribution in [3.63, 3.8) is 0 Å². The lowest BCUT2D eigenvalue weighted by molar-refractivity contribution is -0.439. The lowest BCUT2D eigenvalue weighted by Crippen LogP contribution is -2.39. The molecule has 0 saturated carbocycles. The van der Waals surface area contributed by atoms with Crippen LogP contribution in [0.25, 0.3) is 38.5 Å². The van der Waals surface area contributed by atoms with Gasteiger partial charge >= 0.3 is 0 Å². The molecule has 0 spiro atoms. The van der Waals surface area contributed by atoms with Crippen molar-refractivity contribution < 1.29 is 4.58 Å². The van der Waals surface area contributed by atoms with Crippen LogP contribution in [0.2, 0.25) is 0 Å². The van der Waals surface area contributed by atoms with Crippen LogP contribution in [0.15, 0.2) is 146 Å². The predicted octanol–water partition coefficient (Wildman–Crippen LogP) is 10.6. The highest BCUT2D eigenvalue weighted by atomic mass is 15.1. The van der Waals surface area contributed by atoms with Crippen molar-refractivity contribution in [1.29, 1.82) is 0 Å². The van der Waals surface area contributed by atoms with Gasteiger partial charge in [0.25, 0.3) is 0 Å². The Morgan fingerprint density at radius 3 is 2.00 bits per heavy atom. The summed E-state index contributed by atoms with van der Waals surface area (Å²) in [7, 11) is 0. The van der Waals surface area contributed by atoms with Crippen LogP contribution in [0.5, 0.6) is 0 Å². The molecule has 2 heterocycles. The first-order chi connectivity index (χ1) is 24.1. The van der Waals surface area contributed by atoms with Crippen molar-refractivity contribution in [2.24, 2.45) is 5.92 Å². The summed E-state index contributed by atoms with van der Waals surface area (Å²) in [6, 6.07) is 49.5. The molecule has 0 atom stereocenters. The van der Waals surface area contributed by atoms with Gasteiger partial charge in [0.05, 0.1) is 5.41 Å². The maximum Gasteiger partial charge on any atom is 0.210 e. The van der Waals surface area contributed by atoms with Crippen LogP contribution >= 0.6 is 0 Å². The Morgan fingerprint density at radius 1 is 0.673 bits per heavy atom. The number of fused-ring (bicyclic) bond motifs is 3. The van der Waals surface area contributed by atoms with Gasteiger partial charge in [-0.2, -0.15) is 4.58 Å². The fourth-order valence-electron chi connectivity index (χ4n) is 8.48. The first-order valence-electron chi connectivity index (χ1n) is 18.0. The summed E-state index contributed by atoms with van der Waals surface area (Å²) in [6.45, 7) is 8.85. The number of hydrogen-bond donors (Lipinski definition) is 0. The molecule has 7 aromatic rings. The minimum atomic E-state index is -0.270. The van der Waals surface area contributed by atoms with E-state index in [4.69, 9.17) is 0 Å². The number of benzene rings is 6. The molecule has 0 aliphatic carbocycles. The second-order valence-electron chi connectivity index (χ2n) is 14.1. The van der Waals surface area contributed by atoms with Gasteiger partial charge in [-0.3, -0.25) is 0 Å². The highest BCUT2D eigenvalue weighted by Crippen LogP contribution is 2.48. The summed E-state index contributed by atoms with van der Waals surface area (Å²) in [4.78, 5) is 0. The summed E-state index contributed by atoms with van der Waals surface area (Å²) >= 11 is 0. The second-order valence-corrected chi connectivity index (χ2v) is 14.1. The minimum absolute atomic E-state index is 0.270. The summed E-state index contributed by atoms with van der Waals surface area (Å²) in [5.41, 5.74) is 7.97. The Morgan fingerprint density at radius 2 is 1.31 bits per heavy atom. The zero-order valence-electron chi connectivity index (χ0n) is 28.9. The molecule has 1 aliphatic rings. The molecule has 6 aromatic carbocycles. The van der Waals surface area contributed by atoms with Gasteiger partial charge in [-0.05, 0) is 71.2 Å². The van der Waals surface area contributed by atoms with E-state index in [1.54, 1.807) is 0 Å². The lowest BCUT2D eigenvalue weighted by atomic mass is 9.68. The van der Waals surface area contributed by atoms with Crippen LogP contribution in [-0.4, -0.2) is 21.4 Å². The van der Waals surface area contributed by atoms with E-state index in [1.807, 2.05) is 0 Å². The Kier molecular flexibility index (Phi) is 8.25. The smallest absolute Gasteiger partial charge is 0.210 e. The maximum absolute atomic E-state index is 2.67. The highest BCUT2D eigenvalue weighted by Gasteiger charge is 2.52. The third-order valence-corrected chi connectivity index (χ3v) is 10.6. The van der Waals surface area contributed by atoms with Gasteiger partial charge in [-0.15, -0.1) is 0 Å². The van der Waals surface area contributed by atoms with Crippen LogP contribution in [-0.2, 0) is 24.8 Å². The van der Waals surface area contributed by atoms with Gasteiger partial charge in [0, 0.05) is 52.3 Å². The molecule has 2 nitrogen and oxygen atoms in total. The Balaban J connectivity index is 1.41. The first-order valence-corrected chi connectivity index (χ1v) is 18.0. The molecule has 0 saturated heterocycles. The number of aromatic nitrogens is 1. The van der Waals surface area contributed by atoms with Crippen LogP contribution in [0.4, 0.5) is 5.69 Å². The van der Waals surface area contributed by atoms with Gasteiger partial charge in [-0.1, -0.05) is 135 Å². The number of allylic oxidation sites excluding steroid dienone is 2. The quantitative estimate of drug-likeness (QED) is 0.132. The van der Waals surface area contributed by atoms with Crippen LogP contribution in [0.3, 0.4) is 0 Å². The van der Waals surface area contributed by atoms with Crippen molar-refractivity contribution in [2.45, 2.75) is 52.0 Å². The fourth-order valence-corrected chi connectivity index (χ4v) is 8.48. The molecule has 1 aromatic heterocycles. The lowest BCUT2D eigenvalue weighted by Gasteiger charge is -2.29. The average molecular weight is 638 g/mol. The number of hydrogen-bond acceptors (Lipinski definition) is 0. The molecule has 0 bridgehead atoms.